The second-order valence-corrected chi connectivity index (χ2v) is 16.1. The molecule has 1 aliphatic carbocycles. The van der Waals surface area contributed by atoms with Gasteiger partial charge >= 0.3 is 11.9 Å². The van der Waals surface area contributed by atoms with E-state index >= 15 is 0 Å². The van der Waals surface area contributed by atoms with Gasteiger partial charge < -0.3 is 20.1 Å². The first-order valence-corrected chi connectivity index (χ1v) is 19.0. The summed E-state index contributed by atoms with van der Waals surface area (Å²) in [6.45, 7) is 19.1. The van der Waals surface area contributed by atoms with Gasteiger partial charge in [-0.15, -0.1) is 0 Å². The molecular formula is C41H66N2O4. The Hall–Kier alpha value is -2.18. The van der Waals surface area contributed by atoms with Crippen LogP contribution < -0.4 is 10.6 Å². The minimum absolute atomic E-state index is 0.0406. The van der Waals surface area contributed by atoms with Crippen LogP contribution in [0.25, 0.3) is 0 Å². The highest BCUT2D eigenvalue weighted by Gasteiger charge is 2.48. The van der Waals surface area contributed by atoms with Crippen molar-refractivity contribution in [2.45, 2.75) is 154 Å². The molecule has 2 heterocycles. The number of unbranched alkanes of at least 4 members (excludes halogenated alkanes) is 5. The van der Waals surface area contributed by atoms with Crippen molar-refractivity contribution in [3.8, 4) is 0 Å². The van der Waals surface area contributed by atoms with Crippen molar-refractivity contribution in [3.63, 3.8) is 0 Å². The number of nitrogens with one attached hydrogen (secondary N) is 2. The molecule has 47 heavy (non-hydrogen) atoms. The lowest BCUT2D eigenvalue weighted by molar-refractivity contribution is -0.172. The molecule has 0 amide bonds. The van der Waals surface area contributed by atoms with E-state index in [2.05, 4.69) is 76.1 Å². The van der Waals surface area contributed by atoms with E-state index in [1.54, 1.807) is 0 Å². The number of hydrogen-bond donors (Lipinski definition) is 2. The normalized spacial score (nSPS) is 23.3. The van der Waals surface area contributed by atoms with E-state index in [9.17, 15) is 9.59 Å². The van der Waals surface area contributed by atoms with Crippen molar-refractivity contribution in [1.82, 2.24) is 10.6 Å². The molecular weight excluding hydrogens is 584 g/mol. The molecule has 0 bridgehead atoms. The van der Waals surface area contributed by atoms with Crippen LogP contribution in [0.4, 0.5) is 0 Å². The molecule has 1 saturated carbocycles. The molecule has 3 aliphatic rings. The molecule has 264 valence electrons. The summed E-state index contributed by atoms with van der Waals surface area (Å²) in [7, 11) is 0. The quantitative estimate of drug-likeness (QED) is 0.106. The molecule has 2 unspecified atom stereocenters. The molecule has 4 rings (SSSR count). The van der Waals surface area contributed by atoms with Gasteiger partial charge in [0.25, 0.3) is 0 Å². The van der Waals surface area contributed by atoms with Gasteiger partial charge in [0, 0.05) is 18.3 Å². The molecule has 0 radical (unpaired) electrons. The topological polar surface area (TPSA) is 76.7 Å². The van der Waals surface area contributed by atoms with Crippen LogP contribution in [0.1, 0.15) is 142 Å². The first-order chi connectivity index (χ1) is 22.4. The number of ether oxygens (including phenoxy) is 2. The Bertz CT molecular complexity index is 1150. The van der Waals surface area contributed by atoms with Gasteiger partial charge in [-0.1, -0.05) is 74.1 Å². The highest BCUT2D eigenvalue weighted by Crippen LogP contribution is 2.47. The first kappa shape index (κ1) is 37.6. The summed E-state index contributed by atoms with van der Waals surface area (Å²) in [5.74, 6) is 1.07. The number of carbonyl (C=O) groups excluding carboxylic acids is 2. The fraction of sp³-hybridized carbons (Fsp3) is 0.756. The maximum Gasteiger partial charge on any atom is 0.317 e. The van der Waals surface area contributed by atoms with Gasteiger partial charge in [-0.3, -0.25) is 9.59 Å². The van der Waals surface area contributed by atoms with Crippen LogP contribution in [0.15, 0.2) is 36.4 Å². The second-order valence-electron chi connectivity index (χ2n) is 16.1. The summed E-state index contributed by atoms with van der Waals surface area (Å²) in [6, 6.07) is 8.60. The third kappa shape index (κ3) is 10.7. The van der Waals surface area contributed by atoms with Crippen molar-refractivity contribution in [2.75, 3.05) is 26.2 Å². The first-order valence-electron chi connectivity index (χ1n) is 19.0. The number of piperidine rings is 2. The highest BCUT2D eigenvalue weighted by atomic mass is 16.6. The van der Waals surface area contributed by atoms with Crippen molar-refractivity contribution in [3.05, 3.63) is 47.5 Å². The van der Waals surface area contributed by atoms with Crippen LogP contribution in [0.3, 0.4) is 0 Å². The largest absolute Gasteiger partial charge is 0.459 e. The zero-order valence-corrected chi connectivity index (χ0v) is 30.5. The predicted molar refractivity (Wildman–Crippen MR) is 192 cm³/mol. The molecule has 6 heteroatoms. The third-order valence-corrected chi connectivity index (χ3v) is 11.8. The van der Waals surface area contributed by atoms with Gasteiger partial charge in [0.15, 0.2) is 0 Å². The van der Waals surface area contributed by atoms with Gasteiger partial charge in [-0.25, -0.2) is 0 Å². The fourth-order valence-corrected chi connectivity index (χ4v) is 8.48. The fourth-order valence-electron chi connectivity index (χ4n) is 8.48. The Morgan fingerprint density at radius 1 is 0.766 bits per heavy atom. The number of aryl methyl sites for hydroxylation is 1. The van der Waals surface area contributed by atoms with Crippen LogP contribution in [0.2, 0.25) is 0 Å². The van der Waals surface area contributed by atoms with Gasteiger partial charge in [0.1, 0.15) is 11.2 Å². The van der Waals surface area contributed by atoms with Crippen molar-refractivity contribution >= 4 is 11.9 Å². The van der Waals surface area contributed by atoms with E-state index in [-0.39, 0.29) is 17.5 Å². The second kappa shape index (κ2) is 17.5. The maximum atomic E-state index is 14.3. The number of allylic oxidation sites excluding steroid dienone is 1. The summed E-state index contributed by atoms with van der Waals surface area (Å²) in [5.41, 5.74) is 2.14. The molecule has 6 nitrogen and oxygen atoms in total. The lowest BCUT2D eigenvalue weighted by atomic mass is 9.64. The van der Waals surface area contributed by atoms with Gasteiger partial charge in [0.2, 0.25) is 0 Å². The van der Waals surface area contributed by atoms with Gasteiger partial charge in [-0.05, 0) is 136 Å². The smallest absolute Gasteiger partial charge is 0.317 e. The number of benzene rings is 1. The van der Waals surface area contributed by atoms with Crippen LogP contribution in [-0.2, 0) is 24.5 Å². The average molecular weight is 651 g/mol. The van der Waals surface area contributed by atoms with E-state index in [0.29, 0.717) is 24.2 Å². The number of rotatable bonds is 16. The number of hydrogen-bond acceptors (Lipinski definition) is 6. The van der Waals surface area contributed by atoms with E-state index in [0.717, 1.165) is 115 Å². The zero-order valence-electron chi connectivity index (χ0n) is 30.5. The molecule has 0 spiro atoms. The zero-order chi connectivity index (χ0) is 33.9. The predicted octanol–water partition coefficient (Wildman–Crippen LogP) is 8.74. The third-order valence-electron chi connectivity index (χ3n) is 11.8. The van der Waals surface area contributed by atoms with E-state index in [1.165, 1.54) is 24.0 Å². The Morgan fingerprint density at radius 2 is 1.28 bits per heavy atom. The van der Waals surface area contributed by atoms with Crippen molar-refractivity contribution in [1.29, 1.82) is 0 Å². The maximum absolute atomic E-state index is 14.3. The minimum Gasteiger partial charge on any atom is -0.459 e. The molecule has 1 aromatic carbocycles. The monoisotopic (exact) mass is 651 g/mol. The SMILES string of the molecule is C=C(CCCCCCCCC(=O)OC(C)(C)C1CCNCC1)C1CCCC(C(=O)OC(C)(C)C2CCNCC2)(c2ccc(C)cc2)C1. The van der Waals surface area contributed by atoms with Crippen LogP contribution >= 0.6 is 0 Å². The van der Waals surface area contributed by atoms with Crippen LogP contribution in [0, 0.1) is 24.7 Å². The molecule has 0 aromatic heterocycles. The summed E-state index contributed by atoms with van der Waals surface area (Å²) < 4.78 is 12.4. The van der Waals surface area contributed by atoms with Gasteiger partial charge in [-0.2, -0.15) is 0 Å². The number of carbonyl (C=O) groups is 2. The summed E-state index contributed by atoms with van der Waals surface area (Å²) in [4.78, 5) is 26.8. The van der Waals surface area contributed by atoms with E-state index in [1.807, 2.05) is 0 Å². The van der Waals surface area contributed by atoms with Crippen LogP contribution in [-0.4, -0.2) is 49.3 Å². The van der Waals surface area contributed by atoms with Crippen molar-refractivity contribution in [2.24, 2.45) is 17.8 Å². The molecule has 2 atom stereocenters. The standard InChI is InChI=1S/C41H66N2O4/c1-31-17-19-36(20-18-31)41(38(45)47-40(5,6)35-23-28-43-29-24-35)25-13-15-33(30-41)32(2)14-11-9-7-8-10-12-16-37(44)46-39(3,4)34-21-26-42-27-22-34/h17-20,33-35,42-43H,2,7-16,21-30H2,1,3-6H3. The summed E-state index contributed by atoms with van der Waals surface area (Å²) >= 11 is 0. The minimum atomic E-state index is -0.617. The Kier molecular flexibility index (Phi) is 14.0. The Morgan fingerprint density at radius 3 is 1.85 bits per heavy atom. The highest BCUT2D eigenvalue weighted by molar-refractivity contribution is 5.84. The summed E-state index contributed by atoms with van der Waals surface area (Å²) in [5, 5.41) is 6.84. The Labute approximate surface area is 286 Å². The van der Waals surface area contributed by atoms with E-state index in [4.69, 9.17) is 9.47 Å². The lowest BCUT2D eigenvalue weighted by Gasteiger charge is -2.44. The van der Waals surface area contributed by atoms with Crippen LogP contribution in [0.5, 0.6) is 0 Å². The van der Waals surface area contributed by atoms with Gasteiger partial charge in [0.05, 0.1) is 5.41 Å². The number of esters is 2. The molecule has 1 aromatic rings. The van der Waals surface area contributed by atoms with Crippen molar-refractivity contribution < 1.29 is 19.1 Å². The molecule has 3 fully saturated rings. The average Bonchev–Trinajstić information content (AvgIpc) is 3.06. The molecule has 2 N–H and O–H groups in total. The lowest BCUT2D eigenvalue weighted by Crippen LogP contribution is -2.49. The summed E-state index contributed by atoms with van der Waals surface area (Å²) in [6.07, 6.45) is 16.1. The van der Waals surface area contributed by atoms with E-state index < -0.39 is 11.0 Å². The Balaban J connectivity index is 1.22. The molecule has 2 saturated heterocycles. The molecule has 2 aliphatic heterocycles.